The number of ether oxygens (including phenoxy) is 2. The molecule has 140 valence electrons. The highest BCUT2D eigenvalue weighted by Gasteiger charge is 2.13. The third kappa shape index (κ3) is 8.56. The van der Waals surface area contributed by atoms with Crippen LogP contribution in [-0.4, -0.2) is 18.5 Å². The van der Waals surface area contributed by atoms with Crippen molar-refractivity contribution in [3.63, 3.8) is 0 Å². The zero-order valence-electron chi connectivity index (χ0n) is 14.3. The van der Waals surface area contributed by atoms with Gasteiger partial charge in [-0.3, -0.25) is 9.59 Å². The van der Waals surface area contributed by atoms with Crippen molar-refractivity contribution in [2.45, 2.75) is 58.5 Å². The maximum absolute atomic E-state index is 13.0. The van der Waals surface area contributed by atoms with Crippen LogP contribution in [0.15, 0.2) is 12.1 Å². The number of esters is 2. The van der Waals surface area contributed by atoms with Gasteiger partial charge in [-0.15, -0.1) is 0 Å². The molecule has 0 aliphatic heterocycles. The Labute approximate surface area is 145 Å². The third-order valence-electron chi connectivity index (χ3n) is 3.49. The topological polar surface area (TPSA) is 52.6 Å². The summed E-state index contributed by atoms with van der Waals surface area (Å²) in [7, 11) is 0. The van der Waals surface area contributed by atoms with Crippen LogP contribution in [0.4, 0.5) is 13.2 Å². The molecule has 0 saturated heterocycles. The molecule has 0 aromatic heterocycles. The maximum atomic E-state index is 13.0. The number of carbonyl (C=O) groups is 2. The minimum Gasteiger partial charge on any atom is -0.466 e. The van der Waals surface area contributed by atoms with Crippen molar-refractivity contribution in [3.8, 4) is 0 Å². The summed E-state index contributed by atoms with van der Waals surface area (Å²) in [5, 5.41) is 0. The van der Waals surface area contributed by atoms with Gasteiger partial charge in [0.1, 0.15) is 6.61 Å². The molecule has 0 unspecified atom stereocenters. The van der Waals surface area contributed by atoms with Crippen LogP contribution >= 0.6 is 0 Å². The van der Waals surface area contributed by atoms with Crippen molar-refractivity contribution in [2.75, 3.05) is 6.61 Å². The van der Waals surface area contributed by atoms with Gasteiger partial charge in [0.15, 0.2) is 17.5 Å². The summed E-state index contributed by atoms with van der Waals surface area (Å²) in [6.07, 6.45) is 4.86. The molecule has 4 nitrogen and oxygen atoms in total. The Balaban J connectivity index is 2.19. The summed E-state index contributed by atoms with van der Waals surface area (Å²) in [4.78, 5) is 23.0. The van der Waals surface area contributed by atoms with Crippen molar-refractivity contribution in [2.24, 2.45) is 0 Å². The van der Waals surface area contributed by atoms with Crippen LogP contribution < -0.4 is 0 Å². The molecule has 0 saturated carbocycles. The Morgan fingerprint density at radius 2 is 1.44 bits per heavy atom. The molecule has 0 amide bonds. The van der Waals surface area contributed by atoms with Crippen molar-refractivity contribution >= 4 is 11.9 Å². The van der Waals surface area contributed by atoms with Crippen LogP contribution in [0, 0.1) is 17.5 Å². The zero-order valence-corrected chi connectivity index (χ0v) is 14.3. The predicted octanol–water partition coefficient (Wildman–Crippen LogP) is 4.44. The van der Waals surface area contributed by atoms with Gasteiger partial charge in [0.2, 0.25) is 0 Å². The molecule has 0 atom stereocenters. The molecule has 0 spiro atoms. The van der Waals surface area contributed by atoms with E-state index in [1.807, 2.05) is 0 Å². The number of rotatable bonds is 11. The highest BCUT2D eigenvalue weighted by atomic mass is 19.2. The smallest absolute Gasteiger partial charge is 0.306 e. The molecule has 0 N–H and O–H groups in total. The molecule has 0 aliphatic carbocycles. The van der Waals surface area contributed by atoms with Gasteiger partial charge >= 0.3 is 11.9 Å². The molecule has 1 aromatic carbocycles. The van der Waals surface area contributed by atoms with Crippen molar-refractivity contribution in [1.29, 1.82) is 0 Å². The second-order valence-corrected chi connectivity index (χ2v) is 5.67. The first-order chi connectivity index (χ1) is 11.9. The first-order valence-electron chi connectivity index (χ1n) is 8.38. The Bertz CT molecular complexity index is 552. The van der Waals surface area contributed by atoms with E-state index >= 15 is 0 Å². The van der Waals surface area contributed by atoms with Crippen molar-refractivity contribution in [3.05, 3.63) is 35.1 Å². The fourth-order valence-corrected chi connectivity index (χ4v) is 2.10. The molecule has 0 bridgehead atoms. The minimum absolute atomic E-state index is 0.0144. The van der Waals surface area contributed by atoms with Crippen LogP contribution in [0.25, 0.3) is 0 Å². The molecule has 7 heteroatoms. The first-order valence-corrected chi connectivity index (χ1v) is 8.38. The van der Waals surface area contributed by atoms with Gasteiger partial charge in [-0.05, 0) is 24.1 Å². The van der Waals surface area contributed by atoms with E-state index in [0.29, 0.717) is 6.61 Å². The molecule has 0 heterocycles. The number of carbonyl (C=O) groups excluding carboxylic acids is 2. The van der Waals surface area contributed by atoms with E-state index in [9.17, 15) is 22.8 Å². The SMILES string of the molecule is CCCCCCCOC(=O)CCC(=O)OCc1cc(F)c(F)c(F)c1. The monoisotopic (exact) mass is 360 g/mol. The molecular weight excluding hydrogens is 337 g/mol. The Morgan fingerprint density at radius 3 is 2.04 bits per heavy atom. The average Bonchev–Trinajstić information content (AvgIpc) is 2.58. The number of unbranched alkanes of at least 4 members (excludes halogenated alkanes) is 4. The van der Waals surface area contributed by atoms with E-state index < -0.39 is 36.0 Å². The van der Waals surface area contributed by atoms with E-state index in [0.717, 1.165) is 44.2 Å². The lowest BCUT2D eigenvalue weighted by molar-refractivity contribution is -0.151. The maximum Gasteiger partial charge on any atom is 0.306 e. The van der Waals surface area contributed by atoms with Crippen LogP contribution in [0.3, 0.4) is 0 Å². The van der Waals surface area contributed by atoms with E-state index in [-0.39, 0.29) is 18.4 Å². The summed E-state index contributed by atoms with van der Waals surface area (Å²) >= 11 is 0. The van der Waals surface area contributed by atoms with Crippen molar-refractivity contribution < 1.29 is 32.2 Å². The fraction of sp³-hybridized carbons (Fsp3) is 0.556. The zero-order chi connectivity index (χ0) is 18.7. The average molecular weight is 360 g/mol. The lowest BCUT2D eigenvalue weighted by atomic mass is 10.2. The van der Waals surface area contributed by atoms with Gasteiger partial charge in [0.05, 0.1) is 19.4 Å². The molecule has 0 fully saturated rings. The molecule has 25 heavy (non-hydrogen) atoms. The van der Waals surface area contributed by atoms with Crippen molar-refractivity contribution in [1.82, 2.24) is 0 Å². The largest absolute Gasteiger partial charge is 0.466 e. The van der Waals surface area contributed by atoms with Crippen LogP contribution in [0.5, 0.6) is 0 Å². The van der Waals surface area contributed by atoms with Gasteiger partial charge in [-0.1, -0.05) is 32.6 Å². The normalized spacial score (nSPS) is 10.6. The van der Waals surface area contributed by atoms with E-state index in [1.165, 1.54) is 0 Å². The predicted molar refractivity (Wildman–Crippen MR) is 85.1 cm³/mol. The van der Waals surface area contributed by atoms with E-state index in [4.69, 9.17) is 9.47 Å². The minimum atomic E-state index is -1.58. The highest BCUT2D eigenvalue weighted by Crippen LogP contribution is 2.14. The molecule has 1 rings (SSSR count). The number of hydrogen-bond donors (Lipinski definition) is 0. The second kappa shape index (κ2) is 11.5. The Hall–Kier alpha value is -2.05. The lowest BCUT2D eigenvalue weighted by Gasteiger charge is -2.07. The molecule has 0 radical (unpaired) electrons. The van der Waals surface area contributed by atoms with Crippen LogP contribution in [0.1, 0.15) is 57.4 Å². The number of benzene rings is 1. The number of hydrogen-bond acceptors (Lipinski definition) is 4. The lowest BCUT2D eigenvalue weighted by Crippen LogP contribution is -2.11. The second-order valence-electron chi connectivity index (χ2n) is 5.67. The Morgan fingerprint density at radius 1 is 0.880 bits per heavy atom. The van der Waals surface area contributed by atoms with Gasteiger partial charge in [0, 0.05) is 0 Å². The number of halogens is 3. The van der Waals surface area contributed by atoms with Gasteiger partial charge in [0.25, 0.3) is 0 Å². The molecular formula is C18H23F3O4. The first kappa shape index (κ1) is 21.0. The summed E-state index contributed by atoms with van der Waals surface area (Å²) in [5.74, 6) is -5.48. The van der Waals surface area contributed by atoms with Crippen LogP contribution in [0.2, 0.25) is 0 Å². The fourth-order valence-electron chi connectivity index (χ4n) is 2.10. The third-order valence-corrected chi connectivity index (χ3v) is 3.49. The Kier molecular flexibility index (Phi) is 9.65. The van der Waals surface area contributed by atoms with E-state index in [1.54, 1.807) is 0 Å². The van der Waals surface area contributed by atoms with Crippen LogP contribution in [-0.2, 0) is 25.7 Å². The van der Waals surface area contributed by atoms with E-state index in [2.05, 4.69) is 6.92 Å². The highest BCUT2D eigenvalue weighted by molar-refractivity contribution is 5.77. The summed E-state index contributed by atoms with van der Waals surface area (Å²) in [6, 6.07) is 1.50. The summed E-state index contributed by atoms with van der Waals surface area (Å²) in [5.41, 5.74) is -0.0144. The molecule has 0 aliphatic rings. The standard InChI is InChI=1S/C18H23F3O4/c1-2-3-4-5-6-9-24-16(22)7-8-17(23)25-12-13-10-14(19)18(21)15(20)11-13/h10-11H,2-9,12H2,1H3. The van der Waals surface area contributed by atoms with Gasteiger partial charge in [-0.2, -0.15) is 0 Å². The molecule has 1 aromatic rings. The summed E-state index contributed by atoms with van der Waals surface area (Å²) in [6.45, 7) is 2.04. The van der Waals surface area contributed by atoms with Gasteiger partial charge < -0.3 is 9.47 Å². The van der Waals surface area contributed by atoms with Gasteiger partial charge in [-0.25, -0.2) is 13.2 Å². The summed E-state index contributed by atoms with van der Waals surface area (Å²) < 4.78 is 48.6. The quantitative estimate of drug-likeness (QED) is 0.333.